The summed E-state index contributed by atoms with van der Waals surface area (Å²) in [6.07, 6.45) is 8.11. The highest BCUT2D eigenvalue weighted by molar-refractivity contribution is 6.00. The first-order chi connectivity index (χ1) is 33.1. The highest BCUT2D eigenvalue weighted by atomic mass is 16.5. The van der Waals surface area contributed by atoms with Crippen LogP contribution in [0.3, 0.4) is 0 Å². The third kappa shape index (κ3) is 10.1. The van der Waals surface area contributed by atoms with E-state index in [1.165, 1.54) is 4.90 Å². The zero-order valence-corrected chi connectivity index (χ0v) is 36.5. The van der Waals surface area contributed by atoms with Gasteiger partial charge in [-0.25, -0.2) is 9.97 Å². The van der Waals surface area contributed by atoms with E-state index in [0.29, 0.717) is 5.69 Å². The smallest absolute Gasteiger partial charge is 0.325 e. The molecule has 0 saturated carbocycles. The summed E-state index contributed by atoms with van der Waals surface area (Å²) in [6.45, 7) is -2.34. The third-order valence-corrected chi connectivity index (χ3v) is 11.5. The van der Waals surface area contributed by atoms with E-state index < -0.39 is 50.1 Å². The number of rotatable bonds is 16. The van der Waals surface area contributed by atoms with Gasteiger partial charge in [0.15, 0.2) is 0 Å². The minimum Gasteiger partial charge on any atom is -0.480 e. The van der Waals surface area contributed by atoms with Crippen molar-refractivity contribution in [1.29, 1.82) is 0 Å². The number of aromatic nitrogens is 4. The van der Waals surface area contributed by atoms with Gasteiger partial charge in [0.1, 0.15) is 5.75 Å². The van der Waals surface area contributed by atoms with Gasteiger partial charge >= 0.3 is 23.9 Å². The quantitative estimate of drug-likeness (QED) is 0.0456. The summed E-state index contributed by atoms with van der Waals surface area (Å²) in [7, 11) is 0. The Kier molecular flexibility index (Phi) is 12.9. The second-order valence-electron chi connectivity index (χ2n) is 16.2. The fourth-order valence-electron chi connectivity index (χ4n) is 8.56. The molecule has 5 N–H and O–H groups in total. The molecule has 0 amide bonds. The molecular weight excluding hydrogens is 861 g/mol. The van der Waals surface area contributed by atoms with Crippen molar-refractivity contribution in [3.63, 3.8) is 0 Å². The summed E-state index contributed by atoms with van der Waals surface area (Å²) >= 11 is 0. The highest BCUT2D eigenvalue weighted by Crippen LogP contribution is 2.38. The van der Waals surface area contributed by atoms with Crippen molar-refractivity contribution in [3.05, 3.63) is 162 Å². The van der Waals surface area contributed by atoms with Crippen molar-refractivity contribution >= 4 is 70.2 Å². The lowest BCUT2D eigenvalue weighted by Crippen LogP contribution is -2.43. The number of carboxylic acid groups (broad SMARTS) is 3. The molecule has 8 bridgehead atoms. The third-order valence-electron chi connectivity index (χ3n) is 11.5. The fourth-order valence-corrected chi connectivity index (χ4v) is 8.56. The molecule has 3 aromatic heterocycles. The molecule has 4 aromatic carbocycles. The summed E-state index contributed by atoms with van der Waals surface area (Å²) in [5.74, 6) is -4.25. The normalized spacial score (nSPS) is 11.9. The van der Waals surface area contributed by atoms with Gasteiger partial charge in [-0.15, -0.1) is 0 Å². The fraction of sp³-hybridized carbons (Fsp3) is 0.111. The van der Waals surface area contributed by atoms with Crippen molar-refractivity contribution in [3.8, 4) is 50.3 Å². The van der Waals surface area contributed by atoms with Crippen molar-refractivity contribution in [1.82, 2.24) is 29.7 Å². The molecule has 7 aromatic rings. The Morgan fingerprint density at radius 3 is 1.04 bits per heavy atom. The van der Waals surface area contributed by atoms with E-state index in [-0.39, 0.29) is 18.8 Å². The molecule has 2 aliphatic heterocycles. The summed E-state index contributed by atoms with van der Waals surface area (Å²) in [6, 6.07) is 45.6. The van der Waals surface area contributed by atoms with Gasteiger partial charge in [-0.05, 0) is 83.0 Å². The standard InChI is InChI=1S/C54H44N6O8/c61-47(62)30-59(31-48(63)64)28-29-60(32-49(65)66)33-50(67)68-38-18-16-37(17-19-38)54-45-26-24-43(57-45)52(35-12-6-2-7-13-35)41-22-20-39(55-41)51(34-10-4-1-5-11-34)40-21-23-42(56-40)53(36-14-8-3-9-15-36)44-25-27-46(54)58-44/h1-27,55,58H,28-33H2,(H,61,62)(H,63,64)(H,65,66). The number of nitrogens with zero attached hydrogens (tertiary/aromatic N) is 4. The highest BCUT2D eigenvalue weighted by Gasteiger charge is 2.22. The zero-order chi connectivity index (χ0) is 47.1. The topological polar surface area (TPSA) is 202 Å². The zero-order valence-electron chi connectivity index (χ0n) is 36.5. The lowest BCUT2D eigenvalue weighted by atomic mass is 10.0. The molecule has 0 aliphatic carbocycles. The lowest BCUT2D eigenvalue weighted by molar-refractivity contribution is -0.144. The Labute approximate surface area is 389 Å². The van der Waals surface area contributed by atoms with Crippen LogP contribution in [-0.4, -0.2) is 108 Å². The van der Waals surface area contributed by atoms with Gasteiger partial charge in [0.2, 0.25) is 0 Å². The number of aromatic amines is 2. The van der Waals surface area contributed by atoms with Gasteiger partial charge in [0.05, 0.1) is 49.0 Å². The molecule has 14 nitrogen and oxygen atoms in total. The second-order valence-corrected chi connectivity index (χ2v) is 16.2. The SMILES string of the molecule is O=C(O)CN(CCN(CC(=O)O)CC(=O)Oc1ccc(-c2c3nc(c(-c4ccccc4)c4ccc([nH]4)c(-c4ccccc4)c4nc(c(-c5ccccc5)c5ccc2[nH]5)C=C4)C=C3)cc1)CC(=O)O. The first-order valence-corrected chi connectivity index (χ1v) is 21.8. The lowest BCUT2D eigenvalue weighted by Gasteiger charge is -2.24. The first kappa shape index (κ1) is 44.5. The van der Waals surface area contributed by atoms with Crippen LogP contribution in [0.15, 0.2) is 140 Å². The number of nitrogens with one attached hydrogen (secondary N) is 2. The molecule has 0 spiro atoms. The van der Waals surface area contributed by atoms with Crippen LogP contribution in [0.5, 0.6) is 5.75 Å². The number of hydrogen-bond acceptors (Lipinski definition) is 9. The van der Waals surface area contributed by atoms with Crippen LogP contribution in [0.2, 0.25) is 0 Å². The van der Waals surface area contributed by atoms with Gasteiger partial charge in [-0.3, -0.25) is 29.0 Å². The molecule has 338 valence electrons. The number of H-pyrrole nitrogens is 2. The summed E-state index contributed by atoms with van der Waals surface area (Å²) < 4.78 is 5.68. The Bertz CT molecular complexity index is 3220. The van der Waals surface area contributed by atoms with E-state index in [1.807, 2.05) is 97.1 Å². The molecule has 0 saturated heterocycles. The number of carboxylic acids is 3. The van der Waals surface area contributed by atoms with Crippen LogP contribution < -0.4 is 4.74 Å². The first-order valence-electron chi connectivity index (χ1n) is 21.8. The van der Waals surface area contributed by atoms with Crippen molar-refractivity contribution < 1.29 is 39.2 Å². The summed E-state index contributed by atoms with van der Waals surface area (Å²) in [4.78, 5) is 68.1. The molecule has 0 atom stereocenters. The van der Waals surface area contributed by atoms with Gasteiger partial charge in [0.25, 0.3) is 0 Å². The van der Waals surface area contributed by atoms with E-state index >= 15 is 0 Å². The number of carbonyl (C=O) groups excluding carboxylic acids is 1. The van der Waals surface area contributed by atoms with E-state index in [4.69, 9.17) is 14.7 Å². The molecular formula is C54H44N6O8. The Morgan fingerprint density at radius 2 is 0.721 bits per heavy atom. The average molecular weight is 905 g/mol. The van der Waals surface area contributed by atoms with Crippen LogP contribution in [-0.2, 0) is 19.2 Å². The molecule has 9 rings (SSSR count). The van der Waals surface area contributed by atoms with Crippen molar-refractivity contribution in [2.75, 3.05) is 39.3 Å². The Hall–Kier alpha value is -8.72. The van der Waals surface area contributed by atoms with Gasteiger partial charge in [0, 0.05) is 57.4 Å². The number of aliphatic carboxylic acids is 3. The summed E-state index contributed by atoms with van der Waals surface area (Å²) in [5.41, 5.74) is 13.6. The molecule has 2 aliphatic rings. The van der Waals surface area contributed by atoms with E-state index in [1.54, 1.807) is 12.1 Å². The largest absolute Gasteiger partial charge is 0.480 e. The monoisotopic (exact) mass is 904 g/mol. The van der Waals surface area contributed by atoms with E-state index in [2.05, 4.69) is 64.6 Å². The predicted octanol–water partition coefficient (Wildman–Crippen LogP) is 9.09. The van der Waals surface area contributed by atoms with E-state index in [0.717, 1.165) is 88.6 Å². The van der Waals surface area contributed by atoms with Gasteiger partial charge < -0.3 is 30.0 Å². The van der Waals surface area contributed by atoms with Crippen molar-refractivity contribution in [2.45, 2.75) is 0 Å². The molecule has 0 radical (unpaired) electrons. The summed E-state index contributed by atoms with van der Waals surface area (Å²) in [5, 5.41) is 28.0. The predicted molar refractivity (Wildman–Crippen MR) is 262 cm³/mol. The second kappa shape index (κ2) is 19.8. The number of hydrogen-bond donors (Lipinski definition) is 5. The number of fused-ring (bicyclic) bond motifs is 8. The number of carbonyl (C=O) groups is 4. The molecule has 68 heavy (non-hydrogen) atoms. The minimum absolute atomic E-state index is 0.0972. The van der Waals surface area contributed by atoms with Crippen LogP contribution in [0, 0.1) is 0 Å². The Morgan fingerprint density at radius 1 is 0.412 bits per heavy atom. The number of esters is 1. The van der Waals surface area contributed by atoms with Gasteiger partial charge in [-0.2, -0.15) is 0 Å². The van der Waals surface area contributed by atoms with Crippen LogP contribution >= 0.6 is 0 Å². The molecule has 0 unspecified atom stereocenters. The minimum atomic E-state index is -1.24. The maximum atomic E-state index is 13.3. The molecule has 5 heterocycles. The number of ether oxygens (including phenoxy) is 1. The number of benzene rings is 4. The van der Waals surface area contributed by atoms with Crippen molar-refractivity contribution in [2.24, 2.45) is 0 Å². The average Bonchev–Trinajstić information content (AvgIpc) is 4.18. The molecule has 0 fully saturated rings. The maximum absolute atomic E-state index is 13.3. The van der Waals surface area contributed by atoms with E-state index in [9.17, 15) is 34.5 Å². The van der Waals surface area contributed by atoms with Crippen LogP contribution in [0.1, 0.15) is 22.8 Å². The maximum Gasteiger partial charge on any atom is 0.325 e. The Balaban J connectivity index is 1.16. The van der Waals surface area contributed by atoms with Crippen LogP contribution in [0.25, 0.3) is 90.9 Å². The molecule has 14 heteroatoms. The van der Waals surface area contributed by atoms with Gasteiger partial charge in [-0.1, -0.05) is 103 Å². The van der Waals surface area contributed by atoms with Crippen LogP contribution in [0.4, 0.5) is 0 Å².